The summed E-state index contributed by atoms with van der Waals surface area (Å²) in [5, 5.41) is 13.0. The Morgan fingerprint density at radius 3 is 2.70 bits per heavy atom. The van der Waals surface area contributed by atoms with Gasteiger partial charge < -0.3 is 19.9 Å². The van der Waals surface area contributed by atoms with Gasteiger partial charge >= 0.3 is 0 Å². The van der Waals surface area contributed by atoms with E-state index in [0.29, 0.717) is 19.3 Å². The maximum Gasteiger partial charge on any atom is 0.119 e. The predicted octanol–water partition coefficient (Wildman–Crippen LogP) is 1.98. The molecule has 112 valence electrons. The summed E-state index contributed by atoms with van der Waals surface area (Å²) in [5.41, 5.74) is 0. The quantitative estimate of drug-likeness (QED) is 0.679. The predicted molar refractivity (Wildman–Crippen MR) is 79.0 cm³/mol. The highest BCUT2D eigenvalue weighted by atomic mass is 16.5. The smallest absolute Gasteiger partial charge is 0.119 e. The molecule has 1 unspecified atom stereocenters. The maximum atomic E-state index is 9.79. The third kappa shape index (κ3) is 5.90. The van der Waals surface area contributed by atoms with Gasteiger partial charge in [0, 0.05) is 13.1 Å². The molecule has 4 nitrogen and oxygen atoms in total. The molecule has 1 aromatic rings. The molecule has 1 aromatic carbocycles. The average Bonchev–Trinajstić information content (AvgIpc) is 2.99. The second-order valence-electron chi connectivity index (χ2n) is 5.26. The highest BCUT2D eigenvalue weighted by Gasteiger charge is 2.14. The Kier molecular flexibility index (Phi) is 6.84. The molecule has 0 radical (unpaired) electrons. The lowest BCUT2D eigenvalue weighted by Crippen LogP contribution is -2.33. The number of nitrogens with one attached hydrogen (secondary N) is 1. The fourth-order valence-electron chi connectivity index (χ4n) is 2.39. The van der Waals surface area contributed by atoms with Crippen molar-refractivity contribution in [3.8, 4) is 5.75 Å². The zero-order valence-electron chi connectivity index (χ0n) is 12.0. The number of aliphatic hydroxyl groups excluding tert-OH is 1. The van der Waals surface area contributed by atoms with Crippen molar-refractivity contribution in [3.63, 3.8) is 0 Å². The molecule has 2 N–H and O–H groups in total. The lowest BCUT2D eigenvalue weighted by Gasteiger charge is -2.14. The molecule has 0 saturated heterocycles. The van der Waals surface area contributed by atoms with Crippen molar-refractivity contribution < 1.29 is 14.6 Å². The van der Waals surface area contributed by atoms with Crippen LogP contribution < -0.4 is 10.1 Å². The van der Waals surface area contributed by atoms with E-state index in [-0.39, 0.29) is 0 Å². The summed E-state index contributed by atoms with van der Waals surface area (Å²) in [4.78, 5) is 0. The van der Waals surface area contributed by atoms with E-state index in [9.17, 15) is 5.11 Å². The van der Waals surface area contributed by atoms with Crippen LogP contribution in [0.4, 0.5) is 0 Å². The first-order valence-corrected chi connectivity index (χ1v) is 7.53. The molecular weight excluding hydrogens is 254 g/mol. The molecule has 2 rings (SSSR count). The van der Waals surface area contributed by atoms with E-state index in [0.717, 1.165) is 18.9 Å². The normalized spacial score (nSPS) is 17.2. The Morgan fingerprint density at radius 1 is 1.20 bits per heavy atom. The van der Waals surface area contributed by atoms with E-state index in [1.165, 1.54) is 25.7 Å². The molecule has 0 aliphatic heterocycles. The zero-order valence-corrected chi connectivity index (χ0v) is 12.0. The Balaban J connectivity index is 1.46. The number of hydrogen-bond donors (Lipinski definition) is 2. The van der Waals surface area contributed by atoms with Crippen molar-refractivity contribution in [2.75, 3.05) is 26.3 Å². The molecule has 1 aliphatic carbocycles. The summed E-state index contributed by atoms with van der Waals surface area (Å²) < 4.78 is 11.2. The lowest BCUT2D eigenvalue weighted by atomic mass is 10.3. The minimum atomic E-state index is -0.498. The van der Waals surface area contributed by atoms with Gasteiger partial charge in [-0.3, -0.25) is 0 Å². The third-order valence-electron chi connectivity index (χ3n) is 3.50. The summed E-state index contributed by atoms with van der Waals surface area (Å²) in [6.07, 6.45) is 4.97. The van der Waals surface area contributed by atoms with E-state index in [1.54, 1.807) is 0 Å². The molecule has 0 heterocycles. The van der Waals surface area contributed by atoms with Crippen molar-refractivity contribution in [1.82, 2.24) is 5.32 Å². The lowest BCUT2D eigenvalue weighted by molar-refractivity contribution is 0.0563. The fourth-order valence-corrected chi connectivity index (χ4v) is 2.39. The minimum absolute atomic E-state index is 0.306. The number of hydrogen-bond acceptors (Lipinski definition) is 4. The summed E-state index contributed by atoms with van der Waals surface area (Å²) in [5.74, 6) is 0.788. The molecule has 4 heteroatoms. The average molecular weight is 279 g/mol. The zero-order chi connectivity index (χ0) is 14.0. The summed E-state index contributed by atoms with van der Waals surface area (Å²) in [6.45, 7) is 2.33. The highest BCUT2D eigenvalue weighted by molar-refractivity contribution is 5.20. The standard InChI is InChI=1S/C16H25NO3/c18-14(13-20-16-6-2-1-3-7-16)12-17-10-11-19-15-8-4-5-9-15/h1-3,6-7,14-15,17-18H,4-5,8-13H2. The molecule has 0 bridgehead atoms. The first-order chi connectivity index (χ1) is 9.84. The van der Waals surface area contributed by atoms with Crippen LogP contribution in [0.25, 0.3) is 0 Å². The largest absolute Gasteiger partial charge is 0.491 e. The van der Waals surface area contributed by atoms with Gasteiger partial charge in [0.25, 0.3) is 0 Å². The van der Waals surface area contributed by atoms with Gasteiger partial charge in [0.1, 0.15) is 18.5 Å². The molecule has 0 spiro atoms. The molecule has 1 saturated carbocycles. The van der Waals surface area contributed by atoms with Crippen LogP contribution in [0, 0.1) is 0 Å². The van der Waals surface area contributed by atoms with Crippen LogP contribution in [0.5, 0.6) is 5.75 Å². The van der Waals surface area contributed by atoms with Crippen LogP contribution in [0.15, 0.2) is 30.3 Å². The van der Waals surface area contributed by atoms with E-state index in [4.69, 9.17) is 9.47 Å². The van der Waals surface area contributed by atoms with Crippen LogP contribution in [-0.2, 0) is 4.74 Å². The summed E-state index contributed by atoms with van der Waals surface area (Å²) in [7, 11) is 0. The van der Waals surface area contributed by atoms with Gasteiger partial charge in [-0.15, -0.1) is 0 Å². The Bertz CT molecular complexity index is 352. The van der Waals surface area contributed by atoms with Gasteiger partial charge in [0.05, 0.1) is 12.7 Å². The van der Waals surface area contributed by atoms with Crippen LogP contribution in [0.3, 0.4) is 0 Å². The van der Waals surface area contributed by atoms with E-state index < -0.39 is 6.10 Å². The molecule has 0 aromatic heterocycles. The second kappa shape index (κ2) is 8.95. The molecule has 1 fully saturated rings. The van der Waals surface area contributed by atoms with Gasteiger partial charge in [-0.1, -0.05) is 31.0 Å². The van der Waals surface area contributed by atoms with Crippen molar-refractivity contribution in [3.05, 3.63) is 30.3 Å². The minimum Gasteiger partial charge on any atom is -0.491 e. The summed E-state index contributed by atoms with van der Waals surface area (Å²) in [6, 6.07) is 9.54. The fraction of sp³-hybridized carbons (Fsp3) is 0.625. The van der Waals surface area contributed by atoms with Gasteiger partial charge in [-0.2, -0.15) is 0 Å². The van der Waals surface area contributed by atoms with Crippen molar-refractivity contribution >= 4 is 0 Å². The monoisotopic (exact) mass is 279 g/mol. The number of ether oxygens (including phenoxy) is 2. The Labute approximate surface area is 121 Å². The van der Waals surface area contributed by atoms with Crippen LogP contribution in [0.1, 0.15) is 25.7 Å². The topological polar surface area (TPSA) is 50.7 Å². The number of para-hydroxylation sites is 1. The number of rotatable bonds is 9. The van der Waals surface area contributed by atoms with E-state index in [1.807, 2.05) is 30.3 Å². The van der Waals surface area contributed by atoms with E-state index >= 15 is 0 Å². The maximum absolute atomic E-state index is 9.79. The summed E-state index contributed by atoms with van der Waals surface area (Å²) >= 11 is 0. The third-order valence-corrected chi connectivity index (χ3v) is 3.50. The molecule has 0 amide bonds. The Morgan fingerprint density at radius 2 is 1.95 bits per heavy atom. The van der Waals surface area contributed by atoms with Crippen LogP contribution in [-0.4, -0.2) is 43.6 Å². The van der Waals surface area contributed by atoms with Gasteiger partial charge in [0.15, 0.2) is 0 Å². The molecular formula is C16H25NO3. The van der Waals surface area contributed by atoms with Gasteiger partial charge in [0.2, 0.25) is 0 Å². The first-order valence-electron chi connectivity index (χ1n) is 7.53. The van der Waals surface area contributed by atoms with Gasteiger partial charge in [-0.05, 0) is 25.0 Å². The van der Waals surface area contributed by atoms with Crippen molar-refractivity contribution in [2.45, 2.75) is 37.9 Å². The SMILES string of the molecule is OC(CNCCOC1CCCC1)COc1ccccc1. The molecule has 20 heavy (non-hydrogen) atoms. The second-order valence-corrected chi connectivity index (χ2v) is 5.26. The molecule has 1 atom stereocenters. The first kappa shape index (κ1) is 15.3. The Hall–Kier alpha value is -1.10. The van der Waals surface area contributed by atoms with Crippen molar-refractivity contribution in [2.24, 2.45) is 0 Å². The van der Waals surface area contributed by atoms with Gasteiger partial charge in [-0.25, -0.2) is 0 Å². The number of benzene rings is 1. The van der Waals surface area contributed by atoms with Crippen LogP contribution in [0.2, 0.25) is 0 Å². The highest BCUT2D eigenvalue weighted by Crippen LogP contribution is 2.20. The number of aliphatic hydroxyl groups is 1. The van der Waals surface area contributed by atoms with E-state index in [2.05, 4.69) is 5.32 Å². The van der Waals surface area contributed by atoms with Crippen LogP contribution >= 0.6 is 0 Å². The molecule has 1 aliphatic rings. The van der Waals surface area contributed by atoms with Crippen molar-refractivity contribution in [1.29, 1.82) is 0 Å².